The van der Waals surface area contributed by atoms with Crippen LogP contribution in [0.2, 0.25) is 0 Å². The lowest BCUT2D eigenvalue weighted by Gasteiger charge is -2.13. The first-order chi connectivity index (χ1) is 8.16. The van der Waals surface area contributed by atoms with Gasteiger partial charge in [-0.05, 0) is 49.8 Å². The van der Waals surface area contributed by atoms with Gasteiger partial charge < -0.3 is 5.32 Å². The smallest absolute Gasteiger partial charge is 0.223 e. The molecule has 0 bridgehead atoms. The molecule has 0 radical (unpaired) electrons. The van der Waals surface area contributed by atoms with E-state index in [1.807, 2.05) is 0 Å². The number of benzene rings is 1. The van der Waals surface area contributed by atoms with Gasteiger partial charge in [0.15, 0.2) is 0 Å². The van der Waals surface area contributed by atoms with Crippen LogP contribution in [0.1, 0.15) is 36.0 Å². The molecule has 1 fully saturated rings. The van der Waals surface area contributed by atoms with Crippen molar-refractivity contribution in [3.05, 3.63) is 34.9 Å². The molecule has 2 rings (SSSR count). The molecule has 1 heterocycles. The topological polar surface area (TPSA) is 29.1 Å². The Kier molecular flexibility index (Phi) is 3.82. The van der Waals surface area contributed by atoms with Gasteiger partial charge in [0.1, 0.15) is 0 Å². The first-order valence-corrected chi connectivity index (χ1v) is 6.50. The van der Waals surface area contributed by atoms with E-state index in [9.17, 15) is 4.79 Å². The van der Waals surface area contributed by atoms with E-state index in [1.54, 1.807) is 0 Å². The molecule has 1 saturated heterocycles. The maximum absolute atomic E-state index is 11.9. The van der Waals surface area contributed by atoms with Gasteiger partial charge in [-0.15, -0.1) is 0 Å². The molecule has 1 amide bonds. The third kappa shape index (κ3) is 3.09. The second-order valence-corrected chi connectivity index (χ2v) is 5.11. The van der Waals surface area contributed by atoms with Gasteiger partial charge in [0.05, 0.1) is 0 Å². The average Bonchev–Trinajstić information content (AvgIpc) is 2.50. The van der Waals surface area contributed by atoms with Crippen molar-refractivity contribution in [2.24, 2.45) is 5.92 Å². The molecule has 0 spiro atoms. The Morgan fingerprint density at radius 2 is 2.06 bits per heavy atom. The van der Waals surface area contributed by atoms with Crippen molar-refractivity contribution in [1.82, 2.24) is 5.32 Å². The number of aryl methyl sites for hydroxylation is 2. The van der Waals surface area contributed by atoms with Crippen LogP contribution in [0.25, 0.3) is 0 Å². The lowest BCUT2D eigenvalue weighted by atomic mass is 9.93. The summed E-state index contributed by atoms with van der Waals surface area (Å²) in [7, 11) is 0. The monoisotopic (exact) mass is 231 g/mol. The van der Waals surface area contributed by atoms with Crippen LogP contribution in [0.4, 0.5) is 0 Å². The molecule has 17 heavy (non-hydrogen) atoms. The molecular formula is C15H21NO. The fourth-order valence-corrected chi connectivity index (χ4v) is 2.41. The summed E-state index contributed by atoms with van der Waals surface area (Å²) >= 11 is 0. The van der Waals surface area contributed by atoms with Crippen molar-refractivity contribution in [1.29, 1.82) is 0 Å². The fourth-order valence-electron chi connectivity index (χ4n) is 2.41. The molecule has 0 aromatic heterocycles. The van der Waals surface area contributed by atoms with Crippen LogP contribution in [-0.2, 0) is 11.2 Å². The third-order valence-corrected chi connectivity index (χ3v) is 3.70. The summed E-state index contributed by atoms with van der Waals surface area (Å²) in [6.07, 6.45) is 4.19. The molecule has 1 atom stereocenters. The van der Waals surface area contributed by atoms with E-state index in [2.05, 4.69) is 37.4 Å². The summed E-state index contributed by atoms with van der Waals surface area (Å²) in [4.78, 5) is 11.9. The molecule has 0 aliphatic carbocycles. The van der Waals surface area contributed by atoms with E-state index in [0.29, 0.717) is 0 Å². The summed E-state index contributed by atoms with van der Waals surface area (Å²) in [5.41, 5.74) is 3.92. The lowest BCUT2D eigenvalue weighted by molar-refractivity contribution is -0.124. The van der Waals surface area contributed by atoms with Crippen molar-refractivity contribution >= 4 is 5.91 Å². The average molecular weight is 231 g/mol. The van der Waals surface area contributed by atoms with Gasteiger partial charge in [0, 0.05) is 12.5 Å². The molecule has 1 N–H and O–H groups in total. The molecular weight excluding hydrogens is 210 g/mol. The van der Waals surface area contributed by atoms with Gasteiger partial charge in [-0.3, -0.25) is 4.79 Å². The Bertz CT molecular complexity index is 411. The third-order valence-electron chi connectivity index (χ3n) is 3.70. The van der Waals surface area contributed by atoms with Crippen LogP contribution < -0.4 is 5.32 Å². The highest BCUT2D eigenvalue weighted by molar-refractivity contribution is 5.79. The predicted molar refractivity (Wildman–Crippen MR) is 70.0 cm³/mol. The number of carbonyl (C=O) groups is 1. The van der Waals surface area contributed by atoms with Gasteiger partial charge in [-0.25, -0.2) is 0 Å². The maximum atomic E-state index is 11.9. The molecule has 2 heteroatoms. The standard InChI is InChI=1S/C15H21NO/c1-11-6-7-13(9-12(11)2)10-14-5-3-4-8-16-15(14)17/h6-7,9,14H,3-5,8,10H2,1-2H3,(H,16,17). The number of rotatable bonds is 2. The summed E-state index contributed by atoms with van der Waals surface area (Å²) in [6, 6.07) is 6.52. The maximum Gasteiger partial charge on any atom is 0.223 e. The normalized spacial score (nSPS) is 20.8. The number of hydrogen-bond acceptors (Lipinski definition) is 1. The second-order valence-electron chi connectivity index (χ2n) is 5.11. The highest BCUT2D eigenvalue weighted by Crippen LogP contribution is 2.19. The molecule has 1 aromatic carbocycles. The fraction of sp³-hybridized carbons (Fsp3) is 0.533. The molecule has 1 aliphatic heterocycles. The van der Waals surface area contributed by atoms with E-state index >= 15 is 0 Å². The van der Waals surface area contributed by atoms with Crippen LogP contribution >= 0.6 is 0 Å². The molecule has 1 aromatic rings. The number of nitrogens with one attached hydrogen (secondary N) is 1. The second kappa shape index (κ2) is 5.35. The van der Waals surface area contributed by atoms with Gasteiger partial charge in [-0.1, -0.05) is 24.6 Å². The quantitative estimate of drug-likeness (QED) is 0.833. The van der Waals surface area contributed by atoms with Gasteiger partial charge >= 0.3 is 0 Å². The number of amides is 1. The van der Waals surface area contributed by atoms with Crippen molar-refractivity contribution in [2.75, 3.05) is 6.54 Å². The van der Waals surface area contributed by atoms with Crippen LogP contribution in [0.15, 0.2) is 18.2 Å². The van der Waals surface area contributed by atoms with E-state index in [0.717, 1.165) is 32.2 Å². The van der Waals surface area contributed by atoms with Crippen molar-refractivity contribution < 1.29 is 4.79 Å². The van der Waals surface area contributed by atoms with Gasteiger partial charge in [-0.2, -0.15) is 0 Å². The summed E-state index contributed by atoms with van der Waals surface area (Å²) in [5, 5.41) is 3.00. The van der Waals surface area contributed by atoms with Crippen molar-refractivity contribution in [3.63, 3.8) is 0 Å². The molecule has 0 saturated carbocycles. The van der Waals surface area contributed by atoms with Crippen LogP contribution in [0.5, 0.6) is 0 Å². The highest BCUT2D eigenvalue weighted by Gasteiger charge is 2.20. The Balaban J connectivity index is 2.08. The summed E-state index contributed by atoms with van der Waals surface area (Å²) in [6.45, 7) is 5.10. The first kappa shape index (κ1) is 12.2. The largest absolute Gasteiger partial charge is 0.356 e. The number of hydrogen-bond donors (Lipinski definition) is 1. The van der Waals surface area contributed by atoms with E-state index < -0.39 is 0 Å². The zero-order valence-electron chi connectivity index (χ0n) is 10.8. The Labute approximate surface area is 103 Å². The molecule has 2 nitrogen and oxygen atoms in total. The number of carbonyl (C=O) groups excluding carboxylic acids is 1. The van der Waals surface area contributed by atoms with E-state index in [4.69, 9.17) is 0 Å². The molecule has 1 unspecified atom stereocenters. The molecule has 92 valence electrons. The van der Waals surface area contributed by atoms with Crippen LogP contribution in [0.3, 0.4) is 0 Å². The lowest BCUT2D eigenvalue weighted by Crippen LogP contribution is -2.30. The van der Waals surface area contributed by atoms with Crippen LogP contribution in [0, 0.1) is 19.8 Å². The van der Waals surface area contributed by atoms with E-state index in [-0.39, 0.29) is 11.8 Å². The molecule has 1 aliphatic rings. The van der Waals surface area contributed by atoms with Crippen molar-refractivity contribution in [2.45, 2.75) is 39.5 Å². The summed E-state index contributed by atoms with van der Waals surface area (Å²) < 4.78 is 0. The highest BCUT2D eigenvalue weighted by atomic mass is 16.1. The zero-order chi connectivity index (χ0) is 12.3. The summed E-state index contributed by atoms with van der Waals surface area (Å²) in [5.74, 6) is 0.403. The Morgan fingerprint density at radius 1 is 1.24 bits per heavy atom. The Hall–Kier alpha value is -1.31. The minimum Gasteiger partial charge on any atom is -0.356 e. The SMILES string of the molecule is Cc1ccc(CC2CCCCNC2=O)cc1C. The first-order valence-electron chi connectivity index (χ1n) is 6.50. The van der Waals surface area contributed by atoms with E-state index in [1.165, 1.54) is 16.7 Å². The van der Waals surface area contributed by atoms with Gasteiger partial charge in [0.2, 0.25) is 5.91 Å². The van der Waals surface area contributed by atoms with Crippen LogP contribution in [-0.4, -0.2) is 12.5 Å². The zero-order valence-corrected chi connectivity index (χ0v) is 10.8. The van der Waals surface area contributed by atoms with Gasteiger partial charge in [0.25, 0.3) is 0 Å². The minimum atomic E-state index is 0.166. The van der Waals surface area contributed by atoms with Crippen molar-refractivity contribution in [3.8, 4) is 0 Å². The Morgan fingerprint density at radius 3 is 2.82 bits per heavy atom. The predicted octanol–water partition coefficient (Wildman–Crippen LogP) is 2.76. The minimum absolute atomic E-state index is 0.166.